The quantitative estimate of drug-likeness (QED) is 0.730. The van der Waals surface area contributed by atoms with E-state index in [9.17, 15) is 5.11 Å². The third-order valence-electron chi connectivity index (χ3n) is 3.64. The number of hydrogen-bond acceptors (Lipinski definition) is 4. The second-order valence-corrected chi connectivity index (χ2v) is 5.23. The van der Waals surface area contributed by atoms with Crippen molar-refractivity contribution in [1.29, 1.82) is 0 Å². The van der Waals surface area contributed by atoms with Crippen molar-refractivity contribution < 1.29 is 5.11 Å². The Balaban J connectivity index is 2.32. The maximum Gasteiger partial charge on any atom is 0.116 e. The molecule has 0 aliphatic rings. The number of phenols is 1. The first-order chi connectivity index (χ1) is 10.2. The molecule has 5 N–H and O–H groups in total. The summed E-state index contributed by atoms with van der Waals surface area (Å²) in [5, 5.41) is 10.0. The molecule has 0 saturated carbocycles. The van der Waals surface area contributed by atoms with E-state index in [4.69, 9.17) is 11.5 Å². The molecule has 2 aromatic rings. The lowest BCUT2D eigenvalue weighted by atomic mass is 9.89. The van der Waals surface area contributed by atoms with E-state index in [0.29, 0.717) is 19.0 Å². The monoisotopic (exact) mass is 285 g/mol. The average molecular weight is 285 g/mol. The van der Waals surface area contributed by atoms with Crippen LogP contribution in [0.15, 0.2) is 42.6 Å². The molecule has 0 aliphatic carbocycles. The van der Waals surface area contributed by atoms with E-state index < -0.39 is 0 Å². The van der Waals surface area contributed by atoms with E-state index in [1.807, 2.05) is 24.3 Å². The highest BCUT2D eigenvalue weighted by Gasteiger charge is 2.13. The van der Waals surface area contributed by atoms with Gasteiger partial charge in [0.25, 0.3) is 0 Å². The van der Waals surface area contributed by atoms with Crippen LogP contribution >= 0.6 is 0 Å². The fraction of sp³-hybridized carbons (Fsp3) is 0.353. The molecule has 1 aromatic carbocycles. The summed E-state index contributed by atoms with van der Waals surface area (Å²) in [6.45, 7) is 1.30. The summed E-state index contributed by atoms with van der Waals surface area (Å²) in [5.41, 5.74) is 14.2. The zero-order valence-corrected chi connectivity index (χ0v) is 12.2. The number of pyridine rings is 1. The van der Waals surface area contributed by atoms with Gasteiger partial charge in [0, 0.05) is 11.8 Å². The molecule has 0 saturated heterocycles. The Morgan fingerprint density at radius 2 is 1.90 bits per heavy atom. The Morgan fingerprint density at radius 3 is 2.57 bits per heavy atom. The summed E-state index contributed by atoms with van der Waals surface area (Å²) in [5.74, 6) is 0.594. The van der Waals surface area contributed by atoms with Crippen molar-refractivity contribution in [3.05, 3.63) is 48.2 Å². The van der Waals surface area contributed by atoms with E-state index in [1.165, 1.54) is 0 Å². The van der Waals surface area contributed by atoms with Crippen molar-refractivity contribution in [2.24, 2.45) is 11.5 Å². The standard InChI is InChI=1S/C17H23N3O/c18-7-3-4-13(6-8-19)14-10-15(12-16(21)11-14)17-5-1-2-9-20-17/h1-2,5,9-13,21H,3-4,6-8,18-19H2. The van der Waals surface area contributed by atoms with Crippen molar-refractivity contribution in [3.8, 4) is 17.0 Å². The first-order valence-electron chi connectivity index (χ1n) is 7.40. The Bertz CT molecular complexity index is 557. The van der Waals surface area contributed by atoms with Crippen molar-refractivity contribution in [2.75, 3.05) is 13.1 Å². The van der Waals surface area contributed by atoms with Crippen LogP contribution in [0.2, 0.25) is 0 Å². The SMILES string of the molecule is NCCCC(CCN)c1cc(O)cc(-c2ccccn2)c1. The van der Waals surface area contributed by atoms with Crippen LogP contribution in [0, 0.1) is 0 Å². The van der Waals surface area contributed by atoms with Crippen LogP contribution in [-0.2, 0) is 0 Å². The summed E-state index contributed by atoms with van der Waals surface area (Å²) in [6, 6.07) is 11.4. The third-order valence-corrected chi connectivity index (χ3v) is 3.64. The highest BCUT2D eigenvalue weighted by molar-refractivity contribution is 5.62. The van der Waals surface area contributed by atoms with Gasteiger partial charge in [-0.05, 0) is 74.2 Å². The van der Waals surface area contributed by atoms with Crippen LogP contribution in [0.25, 0.3) is 11.3 Å². The first kappa shape index (κ1) is 15.5. The highest BCUT2D eigenvalue weighted by atomic mass is 16.3. The Labute approximate surface area is 125 Å². The molecule has 1 heterocycles. The Kier molecular flexibility index (Phi) is 5.72. The largest absolute Gasteiger partial charge is 0.508 e. The smallest absolute Gasteiger partial charge is 0.116 e. The van der Waals surface area contributed by atoms with Crippen LogP contribution in [0.5, 0.6) is 5.75 Å². The van der Waals surface area contributed by atoms with E-state index in [2.05, 4.69) is 11.1 Å². The molecule has 2 rings (SSSR count). The molecule has 0 aliphatic heterocycles. The second kappa shape index (κ2) is 7.76. The molecule has 0 fully saturated rings. The second-order valence-electron chi connectivity index (χ2n) is 5.23. The van der Waals surface area contributed by atoms with Crippen LogP contribution in [0.4, 0.5) is 0 Å². The lowest BCUT2D eigenvalue weighted by Gasteiger charge is -2.17. The summed E-state index contributed by atoms with van der Waals surface area (Å²) in [4.78, 5) is 4.34. The predicted molar refractivity (Wildman–Crippen MR) is 86.0 cm³/mol. The molecule has 0 spiro atoms. The lowest BCUT2D eigenvalue weighted by molar-refractivity contribution is 0.472. The molecular weight excluding hydrogens is 262 g/mol. The van der Waals surface area contributed by atoms with Gasteiger partial charge in [0.1, 0.15) is 5.75 Å². The number of benzene rings is 1. The van der Waals surface area contributed by atoms with Gasteiger partial charge < -0.3 is 16.6 Å². The summed E-state index contributed by atoms with van der Waals surface area (Å²) < 4.78 is 0. The third kappa shape index (κ3) is 4.28. The highest BCUT2D eigenvalue weighted by Crippen LogP contribution is 2.31. The van der Waals surface area contributed by atoms with Gasteiger partial charge in [-0.15, -0.1) is 0 Å². The van der Waals surface area contributed by atoms with E-state index in [0.717, 1.165) is 36.1 Å². The first-order valence-corrected chi connectivity index (χ1v) is 7.40. The van der Waals surface area contributed by atoms with Gasteiger partial charge in [-0.1, -0.05) is 6.07 Å². The zero-order chi connectivity index (χ0) is 15.1. The minimum absolute atomic E-state index is 0.267. The molecule has 4 heteroatoms. The van der Waals surface area contributed by atoms with Crippen molar-refractivity contribution in [3.63, 3.8) is 0 Å². The van der Waals surface area contributed by atoms with Gasteiger partial charge in [0.2, 0.25) is 0 Å². The minimum Gasteiger partial charge on any atom is -0.508 e. The van der Waals surface area contributed by atoms with Gasteiger partial charge in [0.15, 0.2) is 0 Å². The number of rotatable bonds is 7. The van der Waals surface area contributed by atoms with E-state index in [-0.39, 0.29) is 5.75 Å². The van der Waals surface area contributed by atoms with Crippen molar-refractivity contribution in [1.82, 2.24) is 4.98 Å². The van der Waals surface area contributed by atoms with Gasteiger partial charge in [-0.2, -0.15) is 0 Å². The summed E-state index contributed by atoms with van der Waals surface area (Å²) >= 11 is 0. The molecule has 0 radical (unpaired) electrons. The number of hydrogen-bond donors (Lipinski definition) is 3. The van der Waals surface area contributed by atoms with E-state index in [1.54, 1.807) is 12.3 Å². The summed E-state index contributed by atoms with van der Waals surface area (Å²) in [6.07, 6.45) is 4.59. The van der Waals surface area contributed by atoms with Gasteiger partial charge in [0.05, 0.1) is 5.69 Å². The fourth-order valence-corrected chi connectivity index (χ4v) is 2.59. The normalized spacial score (nSPS) is 12.3. The molecule has 1 unspecified atom stereocenters. The molecular formula is C17H23N3O. The molecule has 21 heavy (non-hydrogen) atoms. The molecule has 0 bridgehead atoms. The number of aromatic nitrogens is 1. The van der Waals surface area contributed by atoms with Gasteiger partial charge in [-0.3, -0.25) is 4.98 Å². The Hall–Kier alpha value is -1.91. The van der Waals surface area contributed by atoms with Crippen LogP contribution < -0.4 is 11.5 Å². The van der Waals surface area contributed by atoms with Gasteiger partial charge >= 0.3 is 0 Å². The van der Waals surface area contributed by atoms with Gasteiger partial charge in [-0.25, -0.2) is 0 Å². The van der Waals surface area contributed by atoms with Crippen molar-refractivity contribution in [2.45, 2.75) is 25.2 Å². The molecule has 1 atom stereocenters. The van der Waals surface area contributed by atoms with Crippen LogP contribution in [-0.4, -0.2) is 23.2 Å². The van der Waals surface area contributed by atoms with E-state index >= 15 is 0 Å². The molecule has 0 amide bonds. The molecule has 1 aromatic heterocycles. The number of phenolic OH excluding ortho intramolecular Hbond substituents is 1. The van der Waals surface area contributed by atoms with Crippen LogP contribution in [0.1, 0.15) is 30.7 Å². The van der Waals surface area contributed by atoms with Crippen molar-refractivity contribution >= 4 is 0 Å². The topological polar surface area (TPSA) is 85.2 Å². The number of nitrogens with two attached hydrogens (primary N) is 2. The fourth-order valence-electron chi connectivity index (χ4n) is 2.59. The molecule has 112 valence electrons. The lowest BCUT2D eigenvalue weighted by Crippen LogP contribution is -2.10. The minimum atomic E-state index is 0.267. The predicted octanol–water partition coefficient (Wildman–Crippen LogP) is 2.63. The maximum atomic E-state index is 10.0. The Morgan fingerprint density at radius 1 is 1.05 bits per heavy atom. The zero-order valence-electron chi connectivity index (χ0n) is 12.2. The maximum absolute atomic E-state index is 10.0. The number of aromatic hydroxyl groups is 1. The number of nitrogens with zero attached hydrogens (tertiary/aromatic N) is 1. The average Bonchev–Trinajstić information content (AvgIpc) is 2.51. The summed E-state index contributed by atoms with van der Waals surface area (Å²) in [7, 11) is 0. The van der Waals surface area contributed by atoms with Crippen LogP contribution in [0.3, 0.4) is 0 Å². The molecule has 4 nitrogen and oxygen atoms in total.